The van der Waals surface area contributed by atoms with Crippen molar-refractivity contribution < 1.29 is 4.18 Å². The highest BCUT2D eigenvalue weighted by atomic mass is 32.2. The van der Waals surface area contributed by atoms with Crippen molar-refractivity contribution in [2.24, 2.45) is 0 Å². The van der Waals surface area contributed by atoms with E-state index < -0.39 is 0 Å². The van der Waals surface area contributed by atoms with Crippen LogP contribution in [0.15, 0.2) is 71.6 Å². The molecule has 1 heterocycles. The van der Waals surface area contributed by atoms with Gasteiger partial charge >= 0.3 is 0 Å². The van der Waals surface area contributed by atoms with E-state index >= 15 is 0 Å². The van der Waals surface area contributed by atoms with Gasteiger partial charge in [-0.2, -0.15) is 0 Å². The Morgan fingerprint density at radius 1 is 0.895 bits per heavy atom. The molecule has 0 aliphatic heterocycles. The van der Waals surface area contributed by atoms with Gasteiger partial charge in [-0.1, -0.05) is 48.5 Å². The van der Waals surface area contributed by atoms with Crippen molar-refractivity contribution in [1.29, 1.82) is 0 Å². The van der Waals surface area contributed by atoms with Crippen LogP contribution in [0.25, 0.3) is 11.3 Å². The number of aromatic amines is 1. The normalized spacial score (nSPS) is 10.3. The molecule has 3 rings (SSSR count). The lowest BCUT2D eigenvalue weighted by molar-refractivity contribution is 0.612. The summed E-state index contributed by atoms with van der Waals surface area (Å²) in [4.78, 5) is 1.05. The minimum Gasteiger partial charge on any atom is -0.399 e. The predicted octanol–water partition coefficient (Wildman–Crippen LogP) is 4.16. The number of H-pyrrole nitrogens is 1. The number of benzene rings is 2. The summed E-state index contributed by atoms with van der Waals surface area (Å²) < 4.78 is 5.57. The zero-order valence-corrected chi connectivity index (χ0v) is 10.9. The minimum atomic E-state index is 0.577. The SMILES string of the molecule is c1ccc(SOc2cc(-c3ccccc3)[nH]n2)cc1. The monoisotopic (exact) mass is 268 g/mol. The fraction of sp³-hybridized carbons (Fsp3) is 0. The highest BCUT2D eigenvalue weighted by Crippen LogP contribution is 2.25. The molecule has 0 radical (unpaired) electrons. The maximum Gasteiger partial charge on any atom is 0.247 e. The van der Waals surface area contributed by atoms with Gasteiger partial charge in [0.15, 0.2) is 0 Å². The molecule has 0 aliphatic rings. The highest BCUT2D eigenvalue weighted by Gasteiger charge is 2.05. The molecule has 3 nitrogen and oxygen atoms in total. The molecule has 4 heteroatoms. The second-order valence-corrected chi connectivity index (χ2v) is 4.77. The molecule has 1 N–H and O–H groups in total. The van der Waals surface area contributed by atoms with Crippen molar-refractivity contribution in [3.63, 3.8) is 0 Å². The van der Waals surface area contributed by atoms with E-state index in [4.69, 9.17) is 4.18 Å². The molecule has 1 aromatic heterocycles. The molecule has 0 bridgehead atoms. The first-order valence-corrected chi connectivity index (χ1v) is 6.66. The van der Waals surface area contributed by atoms with Gasteiger partial charge in [0.05, 0.1) is 17.7 Å². The summed E-state index contributed by atoms with van der Waals surface area (Å²) in [5.74, 6) is 0.577. The van der Waals surface area contributed by atoms with E-state index in [1.165, 1.54) is 12.0 Å². The fourth-order valence-electron chi connectivity index (χ4n) is 1.68. The summed E-state index contributed by atoms with van der Waals surface area (Å²) >= 11 is 1.30. The lowest BCUT2D eigenvalue weighted by Gasteiger charge is -1.98. The third kappa shape index (κ3) is 2.98. The first kappa shape index (κ1) is 11.9. The molecule has 94 valence electrons. The molecule has 0 spiro atoms. The van der Waals surface area contributed by atoms with Gasteiger partial charge in [-0.25, -0.2) is 0 Å². The van der Waals surface area contributed by atoms with Crippen LogP contribution in [0.1, 0.15) is 0 Å². The Kier molecular flexibility index (Phi) is 3.51. The first-order valence-electron chi connectivity index (χ1n) is 5.92. The van der Waals surface area contributed by atoms with Crippen LogP contribution in [-0.2, 0) is 0 Å². The van der Waals surface area contributed by atoms with Crippen molar-refractivity contribution >= 4 is 12.0 Å². The minimum absolute atomic E-state index is 0.577. The average Bonchev–Trinajstić information content (AvgIpc) is 2.96. The Labute approximate surface area is 115 Å². The molecule has 0 fully saturated rings. The molecule has 0 atom stereocenters. The lowest BCUT2D eigenvalue weighted by atomic mass is 10.2. The number of hydrogen-bond donors (Lipinski definition) is 1. The van der Waals surface area contributed by atoms with Crippen LogP contribution in [0.3, 0.4) is 0 Å². The van der Waals surface area contributed by atoms with Gasteiger partial charge in [0.2, 0.25) is 5.88 Å². The zero-order valence-electron chi connectivity index (χ0n) is 10.1. The van der Waals surface area contributed by atoms with E-state index in [9.17, 15) is 0 Å². The number of aromatic nitrogens is 2. The highest BCUT2D eigenvalue weighted by molar-refractivity contribution is 7.95. The second-order valence-electron chi connectivity index (χ2n) is 3.97. The van der Waals surface area contributed by atoms with E-state index in [-0.39, 0.29) is 0 Å². The molecular weight excluding hydrogens is 256 g/mol. The van der Waals surface area contributed by atoms with Crippen molar-refractivity contribution in [2.45, 2.75) is 4.90 Å². The van der Waals surface area contributed by atoms with E-state index in [0.29, 0.717) is 5.88 Å². The Balaban J connectivity index is 1.69. The van der Waals surface area contributed by atoms with E-state index in [2.05, 4.69) is 10.2 Å². The standard InChI is InChI=1S/C15H12N2OS/c1-3-7-12(8-4-1)14-11-15(17-16-14)18-19-13-9-5-2-6-10-13/h1-11H,(H,16,17). The molecule has 0 amide bonds. The quantitative estimate of drug-likeness (QED) is 0.722. The van der Waals surface area contributed by atoms with E-state index in [0.717, 1.165) is 16.2 Å². The molecule has 19 heavy (non-hydrogen) atoms. The van der Waals surface area contributed by atoms with Gasteiger partial charge in [0.25, 0.3) is 0 Å². The van der Waals surface area contributed by atoms with Gasteiger partial charge < -0.3 is 4.18 Å². The van der Waals surface area contributed by atoms with Crippen LogP contribution >= 0.6 is 12.0 Å². The van der Waals surface area contributed by atoms with Gasteiger partial charge in [0.1, 0.15) is 0 Å². The Bertz CT molecular complexity index is 638. The van der Waals surface area contributed by atoms with Crippen LogP contribution in [0.5, 0.6) is 5.88 Å². The summed E-state index contributed by atoms with van der Waals surface area (Å²) in [6, 6.07) is 21.9. The van der Waals surface area contributed by atoms with E-state index in [1.54, 1.807) is 0 Å². The topological polar surface area (TPSA) is 37.9 Å². The van der Waals surface area contributed by atoms with Crippen molar-refractivity contribution in [2.75, 3.05) is 0 Å². The largest absolute Gasteiger partial charge is 0.399 e. The van der Waals surface area contributed by atoms with Gasteiger partial charge in [-0.05, 0) is 17.7 Å². The molecule has 0 unspecified atom stereocenters. The summed E-state index contributed by atoms with van der Waals surface area (Å²) in [7, 11) is 0. The lowest BCUT2D eigenvalue weighted by Crippen LogP contribution is -1.81. The van der Waals surface area contributed by atoms with Crippen LogP contribution in [0.2, 0.25) is 0 Å². The summed E-state index contributed by atoms with van der Waals surface area (Å²) in [6.07, 6.45) is 0. The number of hydrogen-bond acceptors (Lipinski definition) is 3. The van der Waals surface area contributed by atoms with Crippen LogP contribution in [0, 0.1) is 0 Å². The third-order valence-corrected chi connectivity index (χ3v) is 3.32. The van der Waals surface area contributed by atoms with Crippen molar-refractivity contribution in [3.05, 3.63) is 66.7 Å². The third-order valence-electron chi connectivity index (χ3n) is 2.61. The van der Waals surface area contributed by atoms with Crippen LogP contribution < -0.4 is 4.18 Å². The molecule has 2 aromatic carbocycles. The van der Waals surface area contributed by atoms with Gasteiger partial charge in [0, 0.05) is 11.0 Å². The molecule has 0 aliphatic carbocycles. The number of nitrogens with one attached hydrogen (secondary N) is 1. The van der Waals surface area contributed by atoms with Gasteiger partial charge in [-0.15, -0.1) is 5.10 Å². The fourth-order valence-corrected chi connectivity index (χ4v) is 2.21. The maximum absolute atomic E-state index is 5.57. The molecule has 0 saturated carbocycles. The first-order chi connectivity index (χ1) is 9.42. The Morgan fingerprint density at radius 2 is 1.58 bits per heavy atom. The van der Waals surface area contributed by atoms with Crippen molar-refractivity contribution in [3.8, 4) is 17.1 Å². The maximum atomic E-state index is 5.57. The predicted molar refractivity (Wildman–Crippen MR) is 77.0 cm³/mol. The zero-order chi connectivity index (χ0) is 12.9. The molecular formula is C15H12N2OS. The smallest absolute Gasteiger partial charge is 0.247 e. The van der Waals surface area contributed by atoms with E-state index in [1.807, 2.05) is 66.7 Å². The Hall–Kier alpha value is -2.20. The summed E-state index contributed by atoms with van der Waals surface area (Å²) in [6.45, 7) is 0. The van der Waals surface area contributed by atoms with Crippen molar-refractivity contribution in [1.82, 2.24) is 10.2 Å². The van der Waals surface area contributed by atoms with Crippen LogP contribution in [-0.4, -0.2) is 10.2 Å². The van der Waals surface area contributed by atoms with Gasteiger partial charge in [-0.3, -0.25) is 5.10 Å². The number of nitrogens with zero attached hydrogens (tertiary/aromatic N) is 1. The molecule has 0 saturated heterocycles. The second kappa shape index (κ2) is 5.63. The summed E-state index contributed by atoms with van der Waals surface area (Å²) in [5, 5.41) is 7.11. The Morgan fingerprint density at radius 3 is 2.32 bits per heavy atom. The molecule has 3 aromatic rings. The number of rotatable bonds is 4. The van der Waals surface area contributed by atoms with Crippen LogP contribution in [0.4, 0.5) is 0 Å². The average molecular weight is 268 g/mol. The summed E-state index contributed by atoms with van der Waals surface area (Å²) in [5.41, 5.74) is 2.04.